The van der Waals surface area contributed by atoms with Crippen LogP contribution in [-0.4, -0.2) is 47.0 Å². The van der Waals surface area contributed by atoms with E-state index in [1.807, 2.05) is 31.3 Å². The number of ether oxygens (including phenoxy) is 1. The molecule has 1 aromatic carbocycles. The Kier molecular flexibility index (Phi) is 4.93. The van der Waals surface area contributed by atoms with Crippen molar-refractivity contribution in [3.63, 3.8) is 0 Å². The molecule has 1 N–H and O–H groups in total. The number of para-hydroxylation sites is 1. The van der Waals surface area contributed by atoms with Crippen LogP contribution < -0.4 is 4.74 Å². The standard InChI is InChI=1S/C17H23N3O3/c1-20(10-12-6-5-8-14(12)21)11-16-18-17(19-23-16)13-7-3-4-9-15(13)22-2/h3-4,7,9,12,14,21H,5-6,8,10-11H2,1-2H3. The molecule has 6 heteroatoms. The van der Waals surface area contributed by atoms with Gasteiger partial charge in [0.15, 0.2) is 0 Å². The van der Waals surface area contributed by atoms with Gasteiger partial charge in [-0.25, -0.2) is 0 Å². The van der Waals surface area contributed by atoms with E-state index in [9.17, 15) is 5.11 Å². The summed E-state index contributed by atoms with van der Waals surface area (Å²) in [6.45, 7) is 1.42. The lowest BCUT2D eigenvalue weighted by atomic mass is 10.1. The third-order valence-corrected chi connectivity index (χ3v) is 4.39. The van der Waals surface area contributed by atoms with Crippen LogP contribution in [0.25, 0.3) is 11.4 Å². The van der Waals surface area contributed by atoms with Crippen molar-refractivity contribution in [2.24, 2.45) is 5.92 Å². The van der Waals surface area contributed by atoms with E-state index in [0.29, 0.717) is 24.2 Å². The average Bonchev–Trinajstić information content (AvgIpc) is 3.17. The van der Waals surface area contributed by atoms with E-state index >= 15 is 0 Å². The summed E-state index contributed by atoms with van der Waals surface area (Å²) < 4.78 is 10.7. The molecular formula is C17H23N3O3. The maximum absolute atomic E-state index is 9.92. The maximum Gasteiger partial charge on any atom is 0.241 e. The van der Waals surface area contributed by atoms with Crippen LogP contribution in [0.1, 0.15) is 25.2 Å². The van der Waals surface area contributed by atoms with Crippen molar-refractivity contribution >= 4 is 0 Å². The van der Waals surface area contributed by atoms with Gasteiger partial charge in [0.2, 0.25) is 11.7 Å². The summed E-state index contributed by atoms with van der Waals surface area (Å²) in [5.41, 5.74) is 0.818. The molecule has 0 aliphatic heterocycles. The highest BCUT2D eigenvalue weighted by molar-refractivity contribution is 5.63. The van der Waals surface area contributed by atoms with E-state index < -0.39 is 0 Å². The number of benzene rings is 1. The van der Waals surface area contributed by atoms with Gasteiger partial charge in [-0.15, -0.1) is 0 Å². The highest BCUT2D eigenvalue weighted by Gasteiger charge is 2.26. The predicted octanol–water partition coefficient (Wildman–Crippen LogP) is 2.34. The number of hydrogen-bond donors (Lipinski definition) is 1. The highest BCUT2D eigenvalue weighted by atomic mass is 16.5. The van der Waals surface area contributed by atoms with Crippen LogP contribution in [0.4, 0.5) is 0 Å². The molecule has 2 atom stereocenters. The Morgan fingerprint density at radius 2 is 2.17 bits per heavy atom. The summed E-state index contributed by atoms with van der Waals surface area (Å²) in [5.74, 6) is 2.17. The molecule has 0 saturated heterocycles. The van der Waals surface area contributed by atoms with E-state index in [4.69, 9.17) is 9.26 Å². The SMILES string of the molecule is COc1ccccc1-c1noc(CN(C)CC2CCCC2O)n1. The fourth-order valence-electron chi connectivity index (χ4n) is 3.18. The number of rotatable bonds is 6. The molecule has 6 nitrogen and oxygen atoms in total. The Morgan fingerprint density at radius 1 is 1.35 bits per heavy atom. The van der Waals surface area contributed by atoms with Crippen LogP contribution in [0.5, 0.6) is 5.75 Å². The van der Waals surface area contributed by atoms with Crippen LogP contribution in [0.15, 0.2) is 28.8 Å². The van der Waals surface area contributed by atoms with Crippen LogP contribution in [0.3, 0.4) is 0 Å². The fourth-order valence-corrected chi connectivity index (χ4v) is 3.18. The quantitative estimate of drug-likeness (QED) is 0.882. The van der Waals surface area contributed by atoms with Crippen molar-refractivity contribution in [3.05, 3.63) is 30.2 Å². The summed E-state index contributed by atoms with van der Waals surface area (Å²) in [6, 6.07) is 7.61. The number of methoxy groups -OCH3 is 1. The topological polar surface area (TPSA) is 71.6 Å². The molecule has 0 bridgehead atoms. The number of nitrogens with zero attached hydrogens (tertiary/aromatic N) is 3. The largest absolute Gasteiger partial charge is 0.496 e. The molecule has 1 aliphatic rings. The number of aliphatic hydroxyl groups is 1. The molecule has 124 valence electrons. The van der Waals surface area contributed by atoms with Gasteiger partial charge in [-0.3, -0.25) is 4.90 Å². The molecule has 1 aromatic heterocycles. The molecular weight excluding hydrogens is 294 g/mol. The Morgan fingerprint density at radius 3 is 2.91 bits per heavy atom. The minimum Gasteiger partial charge on any atom is -0.496 e. The first-order valence-electron chi connectivity index (χ1n) is 8.00. The highest BCUT2D eigenvalue weighted by Crippen LogP contribution is 2.28. The molecule has 1 fully saturated rings. The second-order valence-electron chi connectivity index (χ2n) is 6.17. The van der Waals surface area contributed by atoms with E-state index in [0.717, 1.165) is 37.1 Å². The zero-order valence-electron chi connectivity index (χ0n) is 13.6. The van der Waals surface area contributed by atoms with Crippen LogP contribution in [0.2, 0.25) is 0 Å². The summed E-state index contributed by atoms with van der Waals surface area (Å²) in [4.78, 5) is 6.58. The molecule has 0 radical (unpaired) electrons. The zero-order valence-corrected chi connectivity index (χ0v) is 13.6. The summed E-state index contributed by atoms with van der Waals surface area (Å²) >= 11 is 0. The van der Waals surface area contributed by atoms with Gasteiger partial charge >= 0.3 is 0 Å². The summed E-state index contributed by atoms with van der Waals surface area (Å²) in [5, 5.41) is 14.0. The van der Waals surface area contributed by atoms with Crippen LogP contribution >= 0.6 is 0 Å². The number of hydrogen-bond acceptors (Lipinski definition) is 6. The van der Waals surface area contributed by atoms with Crippen molar-refractivity contribution in [2.45, 2.75) is 31.9 Å². The lowest BCUT2D eigenvalue weighted by Crippen LogP contribution is -2.29. The van der Waals surface area contributed by atoms with Crippen LogP contribution in [-0.2, 0) is 6.54 Å². The average molecular weight is 317 g/mol. The van der Waals surface area contributed by atoms with Gasteiger partial charge < -0.3 is 14.4 Å². The minimum absolute atomic E-state index is 0.177. The summed E-state index contributed by atoms with van der Waals surface area (Å²) in [6.07, 6.45) is 2.93. The van der Waals surface area contributed by atoms with Gasteiger partial charge in [0.05, 0.1) is 25.3 Å². The lowest BCUT2D eigenvalue weighted by Gasteiger charge is -2.21. The van der Waals surface area contributed by atoms with E-state index in [1.54, 1.807) is 7.11 Å². The van der Waals surface area contributed by atoms with Gasteiger partial charge in [0, 0.05) is 6.54 Å². The van der Waals surface area contributed by atoms with Crippen LogP contribution in [0, 0.1) is 5.92 Å². The normalized spacial score (nSPS) is 21.0. The molecule has 0 amide bonds. The molecule has 23 heavy (non-hydrogen) atoms. The van der Waals surface area contributed by atoms with E-state index in [2.05, 4.69) is 15.0 Å². The minimum atomic E-state index is -0.177. The second-order valence-corrected chi connectivity index (χ2v) is 6.17. The molecule has 3 rings (SSSR count). The molecule has 2 aromatic rings. The van der Waals surface area contributed by atoms with E-state index in [-0.39, 0.29) is 6.10 Å². The number of aromatic nitrogens is 2. The van der Waals surface area contributed by atoms with E-state index in [1.165, 1.54) is 0 Å². The maximum atomic E-state index is 9.92. The third-order valence-electron chi connectivity index (χ3n) is 4.39. The molecule has 2 unspecified atom stereocenters. The Bertz CT molecular complexity index is 644. The van der Waals surface area contributed by atoms with Gasteiger partial charge in [0.1, 0.15) is 5.75 Å². The van der Waals surface area contributed by atoms with Crippen molar-refractivity contribution < 1.29 is 14.4 Å². The Hall–Kier alpha value is -1.92. The fraction of sp³-hybridized carbons (Fsp3) is 0.529. The zero-order chi connectivity index (χ0) is 16.2. The lowest BCUT2D eigenvalue weighted by molar-refractivity contribution is 0.104. The third kappa shape index (κ3) is 3.71. The van der Waals surface area contributed by atoms with Gasteiger partial charge in [0.25, 0.3) is 0 Å². The first kappa shape index (κ1) is 16.0. The second kappa shape index (κ2) is 7.10. The van der Waals surface area contributed by atoms with Crippen molar-refractivity contribution in [1.29, 1.82) is 0 Å². The predicted molar refractivity (Wildman–Crippen MR) is 86.0 cm³/mol. The monoisotopic (exact) mass is 317 g/mol. The van der Waals surface area contributed by atoms with Crippen molar-refractivity contribution in [3.8, 4) is 17.1 Å². The van der Waals surface area contributed by atoms with Crippen molar-refractivity contribution in [2.75, 3.05) is 20.7 Å². The van der Waals surface area contributed by atoms with Crippen molar-refractivity contribution in [1.82, 2.24) is 15.0 Å². The van der Waals surface area contributed by atoms with Gasteiger partial charge in [-0.2, -0.15) is 4.98 Å². The Balaban J connectivity index is 1.65. The van der Waals surface area contributed by atoms with Gasteiger partial charge in [-0.05, 0) is 37.9 Å². The molecule has 1 saturated carbocycles. The first-order chi connectivity index (χ1) is 11.2. The first-order valence-corrected chi connectivity index (χ1v) is 8.00. The molecule has 1 aliphatic carbocycles. The summed E-state index contributed by atoms with van der Waals surface area (Å²) in [7, 11) is 3.64. The number of aliphatic hydroxyl groups excluding tert-OH is 1. The molecule has 0 spiro atoms. The van der Waals surface area contributed by atoms with Gasteiger partial charge in [-0.1, -0.05) is 23.7 Å². The molecule has 1 heterocycles. The Labute approximate surface area is 136 Å². The smallest absolute Gasteiger partial charge is 0.241 e.